The van der Waals surface area contributed by atoms with Crippen LogP contribution in [0.1, 0.15) is 39.9 Å². The Balaban J connectivity index is 1.76. The summed E-state index contributed by atoms with van der Waals surface area (Å²) in [6, 6.07) is 13.3. The number of ether oxygens (including phenoxy) is 1. The van der Waals surface area contributed by atoms with E-state index in [1.165, 1.54) is 0 Å². The van der Waals surface area contributed by atoms with Crippen molar-refractivity contribution in [3.05, 3.63) is 64.7 Å². The Morgan fingerprint density at radius 3 is 2.54 bits per heavy atom. The van der Waals surface area contributed by atoms with Crippen LogP contribution in [-0.2, 0) is 9.53 Å². The fraction of sp³-hybridized carbons (Fsp3) is 0.391. The van der Waals surface area contributed by atoms with Crippen LogP contribution in [0.5, 0.6) is 0 Å². The first-order valence-electron chi connectivity index (χ1n) is 9.78. The van der Waals surface area contributed by atoms with Crippen LogP contribution in [0.3, 0.4) is 0 Å². The molecular formula is C23H28N2O3. The molecule has 1 aliphatic rings. The fourth-order valence-corrected chi connectivity index (χ4v) is 3.49. The third-order valence-electron chi connectivity index (χ3n) is 5.32. The number of nitrogens with zero attached hydrogens (tertiary/aromatic N) is 1. The molecule has 1 N–H and O–H groups in total. The molecule has 148 valence electrons. The summed E-state index contributed by atoms with van der Waals surface area (Å²) in [4.78, 5) is 27.5. The fourth-order valence-electron chi connectivity index (χ4n) is 3.49. The number of carbonyl (C=O) groups excluding carboxylic acids is 2. The van der Waals surface area contributed by atoms with Gasteiger partial charge in [0.25, 0.3) is 5.91 Å². The number of hydrogen-bond acceptors (Lipinski definition) is 3. The average molecular weight is 380 g/mol. The molecule has 1 fully saturated rings. The first kappa shape index (κ1) is 20.1. The van der Waals surface area contributed by atoms with E-state index in [0.717, 1.165) is 35.2 Å². The normalized spacial score (nSPS) is 16.0. The third-order valence-corrected chi connectivity index (χ3v) is 5.32. The molecule has 0 radical (unpaired) electrons. The molecular weight excluding hydrogens is 352 g/mol. The SMILES string of the molecule is Cc1ccccc1C(=O)N(CC(=O)Nc1cccc(C)c1C)CC1CCCO1. The number of anilines is 1. The highest BCUT2D eigenvalue weighted by Gasteiger charge is 2.26. The van der Waals surface area contributed by atoms with Crippen molar-refractivity contribution >= 4 is 17.5 Å². The molecule has 0 spiro atoms. The van der Waals surface area contributed by atoms with Gasteiger partial charge in [0.1, 0.15) is 6.54 Å². The standard InChI is InChI=1S/C23H28N2O3/c1-16-9-6-12-21(18(16)3)24-22(26)15-25(14-19-10-7-13-28-19)23(27)20-11-5-4-8-17(20)2/h4-6,8-9,11-12,19H,7,10,13-15H2,1-3H3,(H,24,26). The van der Waals surface area contributed by atoms with E-state index in [0.29, 0.717) is 18.7 Å². The van der Waals surface area contributed by atoms with Gasteiger partial charge in [0, 0.05) is 24.4 Å². The zero-order valence-corrected chi connectivity index (χ0v) is 16.8. The van der Waals surface area contributed by atoms with Crippen LogP contribution in [-0.4, -0.2) is 42.5 Å². The van der Waals surface area contributed by atoms with Crippen molar-refractivity contribution in [1.82, 2.24) is 4.90 Å². The Morgan fingerprint density at radius 2 is 1.82 bits per heavy atom. The molecule has 0 aliphatic carbocycles. The Hall–Kier alpha value is -2.66. The Morgan fingerprint density at radius 1 is 1.07 bits per heavy atom. The monoisotopic (exact) mass is 380 g/mol. The lowest BCUT2D eigenvalue weighted by Crippen LogP contribution is -2.42. The Kier molecular flexibility index (Phi) is 6.47. The third kappa shape index (κ3) is 4.78. The summed E-state index contributed by atoms with van der Waals surface area (Å²) in [5.41, 5.74) is 4.46. The minimum absolute atomic E-state index is 0.000406. The second-order valence-corrected chi connectivity index (χ2v) is 7.43. The van der Waals surface area contributed by atoms with Gasteiger partial charge < -0.3 is 15.0 Å². The second kappa shape index (κ2) is 9.02. The van der Waals surface area contributed by atoms with Gasteiger partial charge in [0.15, 0.2) is 0 Å². The maximum absolute atomic E-state index is 13.2. The molecule has 1 atom stereocenters. The average Bonchev–Trinajstić information content (AvgIpc) is 3.18. The zero-order valence-electron chi connectivity index (χ0n) is 16.8. The van der Waals surface area contributed by atoms with Gasteiger partial charge in [-0.2, -0.15) is 0 Å². The predicted molar refractivity (Wildman–Crippen MR) is 111 cm³/mol. The van der Waals surface area contributed by atoms with E-state index in [1.807, 2.05) is 63.2 Å². The number of nitrogens with one attached hydrogen (secondary N) is 1. The van der Waals surface area contributed by atoms with E-state index < -0.39 is 0 Å². The molecule has 2 amide bonds. The van der Waals surface area contributed by atoms with E-state index in [1.54, 1.807) is 4.90 Å². The lowest BCUT2D eigenvalue weighted by atomic mass is 10.1. The summed E-state index contributed by atoms with van der Waals surface area (Å²) in [6.07, 6.45) is 1.89. The maximum Gasteiger partial charge on any atom is 0.254 e. The van der Waals surface area contributed by atoms with Gasteiger partial charge in [-0.05, 0) is 62.4 Å². The van der Waals surface area contributed by atoms with Gasteiger partial charge in [0.05, 0.1) is 6.10 Å². The van der Waals surface area contributed by atoms with Crippen LogP contribution < -0.4 is 5.32 Å². The number of hydrogen-bond donors (Lipinski definition) is 1. The first-order chi connectivity index (χ1) is 13.5. The smallest absolute Gasteiger partial charge is 0.254 e. The molecule has 0 bridgehead atoms. The summed E-state index contributed by atoms with van der Waals surface area (Å²) in [5.74, 6) is -0.335. The van der Waals surface area contributed by atoms with Gasteiger partial charge in [-0.25, -0.2) is 0 Å². The van der Waals surface area contributed by atoms with E-state index >= 15 is 0 Å². The Bertz CT molecular complexity index is 857. The topological polar surface area (TPSA) is 58.6 Å². The van der Waals surface area contributed by atoms with E-state index in [-0.39, 0.29) is 24.5 Å². The molecule has 5 nitrogen and oxygen atoms in total. The van der Waals surface area contributed by atoms with Gasteiger partial charge in [-0.15, -0.1) is 0 Å². The molecule has 2 aromatic rings. The van der Waals surface area contributed by atoms with Crippen LogP contribution >= 0.6 is 0 Å². The largest absolute Gasteiger partial charge is 0.376 e. The van der Waals surface area contributed by atoms with E-state index in [9.17, 15) is 9.59 Å². The molecule has 1 heterocycles. The van der Waals surface area contributed by atoms with Gasteiger partial charge >= 0.3 is 0 Å². The molecule has 1 aliphatic heterocycles. The molecule has 5 heteroatoms. The number of benzene rings is 2. The van der Waals surface area contributed by atoms with Crippen LogP contribution in [0.25, 0.3) is 0 Å². The van der Waals surface area contributed by atoms with Crippen molar-refractivity contribution in [3.63, 3.8) is 0 Å². The summed E-state index contributed by atoms with van der Waals surface area (Å²) >= 11 is 0. The highest BCUT2D eigenvalue weighted by atomic mass is 16.5. The van der Waals surface area contributed by atoms with Crippen molar-refractivity contribution in [2.75, 3.05) is 25.0 Å². The summed E-state index contributed by atoms with van der Waals surface area (Å²) < 4.78 is 5.71. The minimum Gasteiger partial charge on any atom is -0.376 e. The molecule has 3 rings (SSSR count). The lowest BCUT2D eigenvalue weighted by molar-refractivity contribution is -0.117. The van der Waals surface area contributed by atoms with Crippen molar-refractivity contribution in [2.45, 2.75) is 39.7 Å². The predicted octanol–water partition coefficient (Wildman–Crippen LogP) is 3.87. The number of aryl methyl sites for hydroxylation is 2. The highest BCUT2D eigenvalue weighted by Crippen LogP contribution is 2.19. The van der Waals surface area contributed by atoms with Crippen molar-refractivity contribution < 1.29 is 14.3 Å². The van der Waals surface area contributed by atoms with Gasteiger partial charge in [0.2, 0.25) is 5.91 Å². The molecule has 28 heavy (non-hydrogen) atoms. The lowest BCUT2D eigenvalue weighted by Gasteiger charge is -2.26. The number of rotatable bonds is 6. The number of amides is 2. The molecule has 1 saturated heterocycles. The van der Waals surface area contributed by atoms with E-state index in [2.05, 4.69) is 5.32 Å². The summed E-state index contributed by atoms with van der Waals surface area (Å²) in [5, 5.41) is 2.95. The zero-order chi connectivity index (χ0) is 20.1. The van der Waals surface area contributed by atoms with Crippen LogP contribution in [0, 0.1) is 20.8 Å². The summed E-state index contributed by atoms with van der Waals surface area (Å²) in [7, 11) is 0. The number of carbonyl (C=O) groups is 2. The van der Waals surface area contributed by atoms with Crippen LogP contribution in [0.2, 0.25) is 0 Å². The van der Waals surface area contributed by atoms with Crippen LogP contribution in [0.4, 0.5) is 5.69 Å². The minimum atomic E-state index is -0.200. The van der Waals surface area contributed by atoms with Crippen molar-refractivity contribution in [2.24, 2.45) is 0 Å². The molecule has 0 saturated carbocycles. The quantitative estimate of drug-likeness (QED) is 0.828. The van der Waals surface area contributed by atoms with E-state index in [4.69, 9.17) is 4.74 Å². The van der Waals surface area contributed by atoms with Gasteiger partial charge in [-0.1, -0.05) is 30.3 Å². The first-order valence-corrected chi connectivity index (χ1v) is 9.78. The molecule has 0 aromatic heterocycles. The van der Waals surface area contributed by atoms with Crippen molar-refractivity contribution in [3.8, 4) is 0 Å². The second-order valence-electron chi connectivity index (χ2n) is 7.43. The van der Waals surface area contributed by atoms with Gasteiger partial charge in [-0.3, -0.25) is 9.59 Å². The van der Waals surface area contributed by atoms with Crippen LogP contribution in [0.15, 0.2) is 42.5 Å². The highest BCUT2D eigenvalue weighted by molar-refractivity contribution is 6.00. The maximum atomic E-state index is 13.2. The summed E-state index contributed by atoms with van der Waals surface area (Å²) in [6.45, 7) is 7.04. The Labute approximate surface area is 166 Å². The van der Waals surface area contributed by atoms with Crippen molar-refractivity contribution in [1.29, 1.82) is 0 Å². The molecule has 1 unspecified atom stereocenters. The molecule has 2 aromatic carbocycles.